The summed E-state index contributed by atoms with van der Waals surface area (Å²) in [5.74, 6) is 0. The second-order valence-electron chi connectivity index (χ2n) is 6.62. The number of hydrogen-bond acceptors (Lipinski definition) is 2. The normalized spacial score (nSPS) is 12.8. The van der Waals surface area contributed by atoms with Crippen LogP contribution in [0.25, 0.3) is 0 Å². The van der Waals surface area contributed by atoms with Gasteiger partial charge in [0, 0.05) is 9.64 Å². The van der Waals surface area contributed by atoms with Crippen molar-refractivity contribution in [2.75, 3.05) is 0 Å². The maximum atomic E-state index is 2.30. The summed E-state index contributed by atoms with van der Waals surface area (Å²) in [7, 11) is 3.85. The van der Waals surface area contributed by atoms with Gasteiger partial charge in [0.15, 0.2) is 0 Å². The molecule has 17 heavy (non-hydrogen) atoms. The highest BCUT2D eigenvalue weighted by atomic mass is 33.1. The van der Waals surface area contributed by atoms with Gasteiger partial charge in [0.2, 0.25) is 0 Å². The van der Waals surface area contributed by atoms with Gasteiger partial charge in [-0.1, -0.05) is 81.3 Å². The van der Waals surface area contributed by atoms with Gasteiger partial charge >= 0.3 is 0 Å². The molecule has 0 aliphatic heterocycles. The quantitative estimate of drug-likeness (QED) is 0.634. The number of benzene rings is 1. The van der Waals surface area contributed by atoms with Crippen LogP contribution in [-0.4, -0.2) is 4.75 Å². The first kappa shape index (κ1) is 15.0. The Kier molecular flexibility index (Phi) is 5.03. The Balaban J connectivity index is 2.78. The molecule has 1 aromatic carbocycles. The first-order valence-electron chi connectivity index (χ1n) is 6.11. The molecule has 0 N–H and O–H groups in total. The van der Waals surface area contributed by atoms with Crippen LogP contribution >= 0.6 is 21.6 Å². The van der Waals surface area contributed by atoms with Gasteiger partial charge in [0.1, 0.15) is 0 Å². The molecule has 0 spiro atoms. The molecule has 0 saturated heterocycles. The summed E-state index contributed by atoms with van der Waals surface area (Å²) >= 11 is 0. The van der Waals surface area contributed by atoms with E-state index in [1.54, 1.807) is 0 Å². The summed E-state index contributed by atoms with van der Waals surface area (Å²) in [4.78, 5) is 1.42. The molecule has 0 unspecified atom stereocenters. The standard InChI is InChI=1S/C15H24S2/c1-14(2,3)11-12-9-7-8-10-13(12)16-17-15(4,5)6/h7-10H,11H2,1-6H3. The summed E-state index contributed by atoms with van der Waals surface area (Å²) in [6.45, 7) is 13.7. The SMILES string of the molecule is CC(C)(C)Cc1ccccc1SSC(C)(C)C. The van der Waals surface area contributed by atoms with E-state index in [4.69, 9.17) is 0 Å². The minimum absolute atomic E-state index is 0.305. The van der Waals surface area contributed by atoms with Crippen molar-refractivity contribution in [3.8, 4) is 0 Å². The molecule has 96 valence electrons. The summed E-state index contributed by atoms with van der Waals surface area (Å²) < 4.78 is 0.305. The van der Waals surface area contributed by atoms with Crippen molar-refractivity contribution in [2.45, 2.75) is 57.6 Å². The highest BCUT2D eigenvalue weighted by Crippen LogP contribution is 2.42. The van der Waals surface area contributed by atoms with Crippen molar-refractivity contribution < 1.29 is 0 Å². The molecular weight excluding hydrogens is 244 g/mol. The first-order chi connectivity index (χ1) is 7.67. The lowest BCUT2D eigenvalue weighted by molar-refractivity contribution is 0.408. The zero-order chi connectivity index (χ0) is 13.1. The van der Waals surface area contributed by atoms with E-state index in [-0.39, 0.29) is 0 Å². The van der Waals surface area contributed by atoms with Crippen LogP contribution in [-0.2, 0) is 6.42 Å². The molecule has 0 aliphatic carbocycles. The van der Waals surface area contributed by atoms with Gasteiger partial charge in [-0.05, 0) is 23.5 Å². The van der Waals surface area contributed by atoms with E-state index in [1.165, 1.54) is 10.5 Å². The highest BCUT2D eigenvalue weighted by Gasteiger charge is 2.16. The topological polar surface area (TPSA) is 0 Å². The van der Waals surface area contributed by atoms with Crippen LogP contribution < -0.4 is 0 Å². The lowest BCUT2D eigenvalue weighted by atomic mass is 9.88. The van der Waals surface area contributed by atoms with Crippen LogP contribution in [0.1, 0.15) is 47.1 Å². The van der Waals surface area contributed by atoms with E-state index in [1.807, 2.05) is 21.6 Å². The smallest absolute Gasteiger partial charge is 0.0215 e. The molecule has 1 aromatic rings. The fourth-order valence-corrected chi connectivity index (χ4v) is 3.70. The molecular formula is C15H24S2. The monoisotopic (exact) mass is 268 g/mol. The molecule has 0 aromatic heterocycles. The van der Waals surface area contributed by atoms with Gasteiger partial charge in [-0.25, -0.2) is 0 Å². The third-order valence-electron chi connectivity index (χ3n) is 2.07. The van der Waals surface area contributed by atoms with Gasteiger partial charge in [0.05, 0.1) is 0 Å². The maximum absolute atomic E-state index is 2.30. The lowest BCUT2D eigenvalue weighted by Crippen LogP contribution is -2.10. The molecule has 0 fully saturated rings. The minimum atomic E-state index is 0.305. The zero-order valence-corrected chi connectivity index (χ0v) is 13.5. The summed E-state index contributed by atoms with van der Waals surface area (Å²) in [6.07, 6.45) is 1.14. The van der Waals surface area contributed by atoms with Gasteiger partial charge < -0.3 is 0 Å². The van der Waals surface area contributed by atoms with E-state index in [0.717, 1.165) is 6.42 Å². The second kappa shape index (κ2) is 5.71. The van der Waals surface area contributed by atoms with Crippen molar-refractivity contribution in [2.24, 2.45) is 5.41 Å². The van der Waals surface area contributed by atoms with Crippen LogP contribution in [0.15, 0.2) is 29.2 Å². The number of hydrogen-bond donors (Lipinski definition) is 0. The fourth-order valence-electron chi connectivity index (χ4n) is 1.47. The Bertz CT molecular complexity index is 356. The Morgan fingerprint density at radius 3 is 2.06 bits per heavy atom. The van der Waals surface area contributed by atoms with Crippen LogP contribution in [0.3, 0.4) is 0 Å². The highest BCUT2D eigenvalue weighted by molar-refractivity contribution is 8.77. The van der Waals surface area contributed by atoms with Crippen LogP contribution in [0, 0.1) is 5.41 Å². The average molecular weight is 268 g/mol. The first-order valence-corrected chi connectivity index (χ1v) is 8.26. The molecule has 0 aliphatic rings. The van der Waals surface area contributed by atoms with E-state index in [2.05, 4.69) is 65.8 Å². The van der Waals surface area contributed by atoms with Crippen LogP contribution in [0.5, 0.6) is 0 Å². The molecule has 1 rings (SSSR count). The van der Waals surface area contributed by atoms with Gasteiger partial charge in [-0.15, -0.1) is 0 Å². The van der Waals surface area contributed by atoms with E-state index in [0.29, 0.717) is 10.2 Å². The Morgan fingerprint density at radius 2 is 1.53 bits per heavy atom. The van der Waals surface area contributed by atoms with Crippen molar-refractivity contribution in [3.63, 3.8) is 0 Å². The van der Waals surface area contributed by atoms with Gasteiger partial charge in [0.25, 0.3) is 0 Å². The molecule has 0 amide bonds. The lowest BCUT2D eigenvalue weighted by Gasteiger charge is -2.21. The molecule has 0 radical (unpaired) electrons. The van der Waals surface area contributed by atoms with E-state index < -0.39 is 0 Å². The molecule has 0 saturated carbocycles. The third-order valence-corrected chi connectivity index (χ3v) is 5.52. The zero-order valence-electron chi connectivity index (χ0n) is 11.8. The summed E-state index contributed by atoms with van der Waals surface area (Å²) in [5.41, 5.74) is 1.82. The minimum Gasteiger partial charge on any atom is -0.0830 e. The Labute approximate surface area is 114 Å². The molecule has 2 heteroatoms. The van der Waals surface area contributed by atoms with Crippen molar-refractivity contribution in [1.29, 1.82) is 0 Å². The predicted molar refractivity (Wildman–Crippen MR) is 82.8 cm³/mol. The second-order valence-corrected chi connectivity index (χ2v) is 9.62. The molecule has 0 nitrogen and oxygen atoms in total. The maximum Gasteiger partial charge on any atom is 0.0215 e. The van der Waals surface area contributed by atoms with Crippen molar-refractivity contribution >= 4 is 21.6 Å². The van der Waals surface area contributed by atoms with E-state index >= 15 is 0 Å². The Hall–Kier alpha value is -0.0800. The van der Waals surface area contributed by atoms with Gasteiger partial charge in [-0.3, -0.25) is 0 Å². The van der Waals surface area contributed by atoms with E-state index in [9.17, 15) is 0 Å². The molecule has 0 heterocycles. The Morgan fingerprint density at radius 1 is 0.941 bits per heavy atom. The van der Waals surface area contributed by atoms with Crippen molar-refractivity contribution in [1.82, 2.24) is 0 Å². The van der Waals surface area contributed by atoms with Crippen LogP contribution in [0.4, 0.5) is 0 Å². The average Bonchev–Trinajstić information content (AvgIpc) is 2.12. The summed E-state index contributed by atoms with van der Waals surface area (Å²) in [5, 5.41) is 0. The predicted octanol–water partition coefficient (Wildman–Crippen LogP) is 5.81. The molecule has 0 atom stereocenters. The fraction of sp³-hybridized carbons (Fsp3) is 0.600. The number of rotatable bonds is 3. The van der Waals surface area contributed by atoms with Gasteiger partial charge in [-0.2, -0.15) is 0 Å². The van der Waals surface area contributed by atoms with Crippen molar-refractivity contribution in [3.05, 3.63) is 29.8 Å². The largest absolute Gasteiger partial charge is 0.0830 e. The molecule has 0 bridgehead atoms. The third kappa shape index (κ3) is 6.42. The summed E-state index contributed by atoms with van der Waals surface area (Å²) in [6, 6.07) is 8.78. The van der Waals surface area contributed by atoms with Crippen LogP contribution in [0.2, 0.25) is 0 Å².